The minimum atomic E-state index is -0.391. The lowest BCUT2D eigenvalue weighted by molar-refractivity contribution is 0.0950. The summed E-state index contributed by atoms with van der Waals surface area (Å²) < 4.78 is 19.4. The third-order valence-electron chi connectivity index (χ3n) is 4.43. The van der Waals surface area contributed by atoms with Gasteiger partial charge in [-0.25, -0.2) is 14.4 Å². The Morgan fingerprint density at radius 2 is 2.03 bits per heavy atom. The maximum Gasteiger partial charge on any atom is 0.256 e. The van der Waals surface area contributed by atoms with Crippen LogP contribution in [0.5, 0.6) is 11.6 Å². The van der Waals surface area contributed by atoms with Crippen molar-refractivity contribution in [2.75, 3.05) is 6.54 Å². The van der Waals surface area contributed by atoms with Gasteiger partial charge in [0, 0.05) is 19.2 Å². The molecule has 152 valence electrons. The van der Waals surface area contributed by atoms with Crippen LogP contribution in [0.4, 0.5) is 4.39 Å². The van der Waals surface area contributed by atoms with Gasteiger partial charge in [-0.1, -0.05) is 12.1 Å². The fourth-order valence-electron chi connectivity index (χ4n) is 2.98. The molecule has 0 radical (unpaired) electrons. The lowest BCUT2D eigenvalue weighted by Crippen LogP contribution is -2.25. The molecule has 0 aliphatic carbocycles. The molecule has 0 aliphatic rings. The average Bonchev–Trinajstić information content (AvgIpc) is 3.16. The van der Waals surface area contributed by atoms with E-state index >= 15 is 0 Å². The minimum absolute atomic E-state index is 0.152. The van der Waals surface area contributed by atoms with Gasteiger partial charge in [-0.2, -0.15) is 0 Å². The van der Waals surface area contributed by atoms with Crippen LogP contribution in [0.2, 0.25) is 0 Å². The molecule has 4 aromatic rings. The van der Waals surface area contributed by atoms with E-state index in [2.05, 4.69) is 36.2 Å². The van der Waals surface area contributed by atoms with E-state index in [1.807, 2.05) is 24.3 Å². The Morgan fingerprint density at radius 1 is 1.17 bits per heavy atom. The highest BCUT2D eigenvalue weighted by Gasteiger charge is 2.15. The number of ether oxygens (including phenoxy) is 1. The molecule has 0 fully saturated rings. The summed E-state index contributed by atoms with van der Waals surface area (Å²) in [6.07, 6.45) is 2.98. The number of nitrogens with one attached hydrogen (secondary N) is 2. The van der Waals surface area contributed by atoms with Crippen LogP contribution in [0, 0.1) is 5.82 Å². The first-order chi connectivity index (χ1) is 14.6. The molecular weight excluding hydrogens is 451 g/mol. The Hall–Kier alpha value is -3.26. The van der Waals surface area contributed by atoms with E-state index in [1.54, 1.807) is 12.1 Å². The molecule has 0 atom stereocenters. The van der Waals surface area contributed by atoms with E-state index in [4.69, 9.17) is 4.74 Å². The number of nitrogens with zero attached hydrogens (tertiary/aromatic N) is 2. The van der Waals surface area contributed by atoms with Crippen LogP contribution in [0.15, 0.2) is 65.3 Å². The summed E-state index contributed by atoms with van der Waals surface area (Å²) in [6, 6.07) is 15.2. The van der Waals surface area contributed by atoms with Gasteiger partial charge in [0.15, 0.2) is 0 Å². The summed E-state index contributed by atoms with van der Waals surface area (Å²) in [5.41, 5.74) is 2.23. The van der Waals surface area contributed by atoms with E-state index in [0.29, 0.717) is 28.8 Å². The third kappa shape index (κ3) is 4.65. The molecule has 0 spiro atoms. The van der Waals surface area contributed by atoms with Crippen molar-refractivity contribution in [2.45, 2.75) is 12.8 Å². The minimum Gasteiger partial charge on any atom is -0.437 e. The Bertz CT molecular complexity index is 1160. The fraction of sp³-hybridized carbons (Fsp3) is 0.136. The van der Waals surface area contributed by atoms with E-state index in [0.717, 1.165) is 23.3 Å². The summed E-state index contributed by atoms with van der Waals surface area (Å²) in [7, 11) is 0. The molecule has 2 aromatic carbocycles. The number of aromatic amines is 1. The zero-order valence-corrected chi connectivity index (χ0v) is 17.4. The molecule has 0 bridgehead atoms. The van der Waals surface area contributed by atoms with Crippen molar-refractivity contribution in [3.05, 3.63) is 82.5 Å². The highest BCUT2D eigenvalue weighted by atomic mass is 79.9. The molecular formula is C22H18BrFN4O2. The second kappa shape index (κ2) is 9.04. The maximum atomic E-state index is 13.3. The van der Waals surface area contributed by atoms with E-state index in [-0.39, 0.29) is 11.8 Å². The lowest BCUT2D eigenvalue weighted by atomic mass is 10.2. The predicted octanol–water partition coefficient (Wildman–Crippen LogP) is 5.01. The predicted molar refractivity (Wildman–Crippen MR) is 115 cm³/mol. The number of hydrogen-bond acceptors (Lipinski definition) is 4. The van der Waals surface area contributed by atoms with Gasteiger partial charge in [-0.3, -0.25) is 4.79 Å². The largest absolute Gasteiger partial charge is 0.437 e. The highest BCUT2D eigenvalue weighted by Crippen LogP contribution is 2.30. The van der Waals surface area contributed by atoms with E-state index < -0.39 is 5.82 Å². The number of halogens is 2. The smallest absolute Gasteiger partial charge is 0.256 e. The molecule has 4 rings (SSSR count). The molecule has 0 aliphatic heterocycles. The number of aromatic nitrogens is 3. The van der Waals surface area contributed by atoms with Crippen molar-refractivity contribution in [2.24, 2.45) is 0 Å². The van der Waals surface area contributed by atoms with Crippen molar-refractivity contribution < 1.29 is 13.9 Å². The molecule has 6 nitrogen and oxygen atoms in total. The first kappa shape index (κ1) is 20.0. The molecule has 1 amide bonds. The number of H-pyrrole nitrogens is 1. The van der Waals surface area contributed by atoms with Crippen LogP contribution in [0.1, 0.15) is 22.6 Å². The number of rotatable bonds is 7. The number of pyridine rings is 1. The van der Waals surface area contributed by atoms with Crippen LogP contribution in [0.3, 0.4) is 0 Å². The number of para-hydroxylation sites is 2. The van der Waals surface area contributed by atoms with E-state index in [1.165, 1.54) is 24.4 Å². The van der Waals surface area contributed by atoms with E-state index in [9.17, 15) is 9.18 Å². The number of imidazole rings is 1. The zero-order valence-electron chi connectivity index (χ0n) is 15.9. The number of hydrogen-bond donors (Lipinski definition) is 2. The monoisotopic (exact) mass is 468 g/mol. The first-order valence-electron chi connectivity index (χ1n) is 9.40. The Kier molecular flexibility index (Phi) is 6.04. The van der Waals surface area contributed by atoms with Gasteiger partial charge in [-0.15, -0.1) is 0 Å². The zero-order chi connectivity index (χ0) is 20.9. The molecule has 30 heavy (non-hydrogen) atoms. The van der Waals surface area contributed by atoms with Crippen LogP contribution in [-0.4, -0.2) is 27.4 Å². The van der Waals surface area contributed by atoms with Gasteiger partial charge < -0.3 is 15.0 Å². The first-order valence-corrected chi connectivity index (χ1v) is 10.2. The van der Waals surface area contributed by atoms with Crippen LogP contribution >= 0.6 is 15.9 Å². The lowest BCUT2D eigenvalue weighted by Gasteiger charge is -2.11. The topological polar surface area (TPSA) is 79.9 Å². The van der Waals surface area contributed by atoms with Crippen LogP contribution in [-0.2, 0) is 6.42 Å². The average molecular weight is 469 g/mol. The fourth-order valence-corrected chi connectivity index (χ4v) is 3.42. The normalized spacial score (nSPS) is 10.9. The van der Waals surface area contributed by atoms with Crippen LogP contribution in [0.25, 0.3) is 11.0 Å². The van der Waals surface area contributed by atoms with Gasteiger partial charge in [-0.05, 0) is 64.8 Å². The van der Waals surface area contributed by atoms with Crippen LogP contribution < -0.4 is 10.1 Å². The number of amides is 1. The standard InChI is InChI=1S/C22H18BrFN4O2/c23-16-13-14(24)9-10-19(16)30-22-15(5-3-12-26-22)21(29)25-11-4-8-20-27-17-6-1-2-7-18(17)28-20/h1-3,5-7,9-10,12-13H,4,8,11H2,(H,25,29)(H,27,28). The van der Waals surface area contributed by atoms with Crippen molar-refractivity contribution in [1.29, 1.82) is 0 Å². The summed E-state index contributed by atoms with van der Waals surface area (Å²) >= 11 is 3.25. The van der Waals surface area contributed by atoms with Gasteiger partial charge in [0.05, 0.1) is 15.5 Å². The molecule has 0 saturated carbocycles. The van der Waals surface area contributed by atoms with Gasteiger partial charge >= 0.3 is 0 Å². The Balaban J connectivity index is 1.36. The van der Waals surface area contributed by atoms with Crippen molar-refractivity contribution in [3.8, 4) is 11.6 Å². The maximum absolute atomic E-state index is 13.3. The second-order valence-corrected chi connectivity index (χ2v) is 7.45. The highest BCUT2D eigenvalue weighted by molar-refractivity contribution is 9.10. The van der Waals surface area contributed by atoms with Crippen molar-refractivity contribution >= 4 is 32.9 Å². The summed E-state index contributed by atoms with van der Waals surface area (Å²) in [6.45, 7) is 0.477. The molecule has 8 heteroatoms. The number of benzene rings is 2. The molecule has 2 heterocycles. The van der Waals surface area contributed by atoms with Crippen molar-refractivity contribution in [3.63, 3.8) is 0 Å². The Morgan fingerprint density at radius 3 is 2.87 bits per heavy atom. The Labute approximate surface area is 180 Å². The van der Waals surface area contributed by atoms with Gasteiger partial charge in [0.1, 0.15) is 23.0 Å². The third-order valence-corrected chi connectivity index (χ3v) is 5.05. The number of carbonyl (C=O) groups excluding carboxylic acids is 1. The number of carbonyl (C=O) groups is 1. The molecule has 2 N–H and O–H groups in total. The molecule has 0 unspecified atom stereocenters. The second-order valence-electron chi connectivity index (χ2n) is 6.59. The van der Waals surface area contributed by atoms with Crippen molar-refractivity contribution in [1.82, 2.24) is 20.3 Å². The SMILES string of the molecule is O=C(NCCCc1nc2ccccc2[nH]1)c1cccnc1Oc1ccc(F)cc1Br. The number of fused-ring (bicyclic) bond motifs is 1. The quantitative estimate of drug-likeness (QED) is 0.373. The molecule has 2 aromatic heterocycles. The summed E-state index contributed by atoms with van der Waals surface area (Å²) in [5.74, 6) is 0.726. The summed E-state index contributed by atoms with van der Waals surface area (Å²) in [4.78, 5) is 24.6. The van der Waals surface area contributed by atoms with Gasteiger partial charge in [0.2, 0.25) is 5.88 Å². The number of aryl methyl sites for hydroxylation is 1. The summed E-state index contributed by atoms with van der Waals surface area (Å²) in [5, 5.41) is 2.88. The molecule has 0 saturated heterocycles. The van der Waals surface area contributed by atoms with Gasteiger partial charge in [0.25, 0.3) is 5.91 Å².